The molecule has 7 nitrogen and oxygen atoms in total. The van der Waals surface area contributed by atoms with Gasteiger partial charge in [0.2, 0.25) is 15.9 Å². The highest BCUT2D eigenvalue weighted by molar-refractivity contribution is 7.88. The van der Waals surface area contributed by atoms with Crippen LogP contribution in [0.15, 0.2) is 0 Å². The number of likely N-dealkylation sites (N-methyl/N-ethyl adjacent to an activating group) is 1. The van der Waals surface area contributed by atoms with Crippen molar-refractivity contribution in [2.75, 3.05) is 52.6 Å². The summed E-state index contributed by atoms with van der Waals surface area (Å²) in [6.45, 7) is 4.34. The van der Waals surface area contributed by atoms with Crippen molar-refractivity contribution in [1.82, 2.24) is 14.1 Å². The zero-order valence-corrected chi connectivity index (χ0v) is 13.7. The van der Waals surface area contributed by atoms with Crippen LogP contribution in [0, 0.1) is 5.92 Å². The summed E-state index contributed by atoms with van der Waals surface area (Å²) in [5.74, 6) is -0.396. The lowest BCUT2D eigenvalue weighted by Crippen LogP contribution is -2.49. The van der Waals surface area contributed by atoms with E-state index in [1.54, 1.807) is 4.31 Å². The van der Waals surface area contributed by atoms with Crippen molar-refractivity contribution in [3.63, 3.8) is 0 Å². The molecule has 1 atom stereocenters. The molecule has 0 aromatic carbocycles. The van der Waals surface area contributed by atoms with E-state index in [1.807, 2.05) is 7.05 Å². The first kappa shape index (κ1) is 16.7. The molecule has 1 amide bonds. The summed E-state index contributed by atoms with van der Waals surface area (Å²) in [5, 5.41) is 0. The Morgan fingerprint density at radius 1 is 1.10 bits per heavy atom. The van der Waals surface area contributed by atoms with Crippen LogP contribution in [0.25, 0.3) is 0 Å². The van der Waals surface area contributed by atoms with Crippen LogP contribution in [0.4, 0.5) is 0 Å². The molecule has 2 aliphatic rings. The molecule has 0 bridgehead atoms. The van der Waals surface area contributed by atoms with E-state index in [1.165, 1.54) is 6.26 Å². The summed E-state index contributed by atoms with van der Waals surface area (Å²) in [4.78, 5) is 16.0. The first-order valence-corrected chi connectivity index (χ1v) is 9.29. The molecule has 8 heteroatoms. The summed E-state index contributed by atoms with van der Waals surface area (Å²) in [7, 11) is -1.08. The molecule has 0 radical (unpaired) electrons. The summed E-state index contributed by atoms with van der Waals surface area (Å²) < 4.78 is 24.6. The number of hydrogen-bond acceptors (Lipinski definition) is 5. The van der Waals surface area contributed by atoms with Crippen LogP contribution in [0.5, 0.6) is 0 Å². The Morgan fingerprint density at radius 2 is 1.71 bits per heavy atom. The van der Waals surface area contributed by atoms with Gasteiger partial charge in [-0.05, 0) is 19.9 Å². The lowest BCUT2D eigenvalue weighted by Gasteiger charge is -2.37. The molecule has 2 fully saturated rings. The van der Waals surface area contributed by atoms with Gasteiger partial charge in [0, 0.05) is 45.3 Å². The molecule has 2 heterocycles. The topological polar surface area (TPSA) is 86.9 Å². The Hall–Kier alpha value is -0.700. The van der Waals surface area contributed by atoms with E-state index in [0.717, 1.165) is 25.9 Å². The number of carbonyl (C=O) groups is 1. The van der Waals surface area contributed by atoms with Crippen LogP contribution in [0.2, 0.25) is 0 Å². The first-order valence-electron chi connectivity index (χ1n) is 7.44. The molecule has 0 spiro atoms. The molecule has 0 unspecified atom stereocenters. The largest absolute Gasteiger partial charge is 0.369 e. The third-order valence-corrected chi connectivity index (χ3v) is 5.87. The van der Waals surface area contributed by atoms with Crippen molar-refractivity contribution in [2.24, 2.45) is 11.7 Å². The number of amides is 1. The number of primary amides is 1. The summed E-state index contributed by atoms with van der Waals surface area (Å²) in [6, 6.07) is 0.344. The molecule has 0 aromatic heterocycles. The van der Waals surface area contributed by atoms with Gasteiger partial charge in [0.05, 0.1) is 12.2 Å². The van der Waals surface area contributed by atoms with Gasteiger partial charge in [-0.25, -0.2) is 12.7 Å². The normalized spacial score (nSPS) is 28.4. The van der Waals surface area contributed by atoms with Crippen LogP contribution in [-0.4, -0.2) is 87.0 Å². The molecular formula is C13H26N4O3S. The third-order valence-electron chi connectivity index (χ3n) is 4.57. The lowest BCUT2D eigenvalue weighted by atomic mass is 10.0. The Kier molecular flexibility index (Phi) is 5.24. The van der Waals surface area contributed by atoms with E-state index in [9.17, 15) is 13.2 Å². The van der Waals surface area contributed by atoms with E-state index >= 15 is 0 Å². The predicted molar refractivity (Wildman–Crippen MR) is 81.2 cm³/mol. The van der Waals surface area contributed by atoms with Crippen LogP contribution in [0.3, 0.4) is 0 Å². The van der Waals surface area contributed by atoms with Crippen molar-refractivity contribution < 1.29 is 13.2 Å². The molecule has 0 aromatic rings. The first-order chi connectivity index (χ1) is 9.77. The lowest BCUT2D eigenvalue weighted by molar-refractivity contribution is -0.122. The minimum atomic E-state index is -3.09. The average Bonchev–Trinajstić information content (AvgIpc) is 2.60. The van der Waals surface area contributed by atoms with Gasteiger partial charge >= 0.3 is 0 Å². The average molecular weight is 318 g/mol. The van der Waals surface area contributed by atoms with Crippen LogP contribution >= 0.6 is 0 Å². The number of carbonyl (C=O) groups excluding carboxylic acids is 1. The van der Waals surface area contributed by atoms with E-state index < -0.39 is 10.0 Å². The fourth-order valence-electron chi connectivity index (χ4n) is 3.25. The fraction of sp³-hybridized carbons (Fsp3) is 0.923. The maximum atomic E-state index is 11.6. The highest BCUT2D eigenvalue weighted by atomic mass is 32.2. The number of hydrogen-bond donors (Lipinski definition) is 1. The van der Waals surface area contributed by atoms with Crippen molar-refractivity contribution in [3.8, 4) is 0 Å². The van der Waals surface area contributed by atoms with E-state index in [-0.39, 0.29) is 11.8 Å². The monoisotopic (exact) mass is 318 g/mol. The van der Waals surface area contributed by atoms with Crippen LogP contribution in [-0.2, 0) is 14.8 Å². The summed E-state index contributed by atoms with van der Waals surface area (Å²) in [5.41, 5.74) is 5.49. The zero-order valence-electron chi connectivity index (χ0n) is 12.9. The second-order valence-electron chi connectivity index (χ2n) is 6.25. The maximum Gasteiger partial charge on any atom is 0.223 e. The Morgan fingerprint density at radius 3 is 2.24 bits per heavy atom. The molecule has 0 saturated carbocycles. The molecule has 21 heavy (non-hydrogen) atoms. The van der Waals surface area contributed by atoms with E-state index in [2.05, 4.69) is 9.80 Å². The third kappa shape index (κ3) is 4.38. The van der Waals surface area contributed by atoms with Crippen LogP contribution < -0.4 is 5.73 Å². The molecular weight excluding hydrogens is 292 g/mol. The second kappa shape index (κ2) is 6.60. The summed E-state index contributed by atoms with van der Waals surface area (Å²) in [6.07, 6.45) is 2.90. The van der Waals surface area contributed by atoms with E-state index in [4.69, 9.17) is 5.73 Å². The van der Waals surface area contributed by atoms with Gasteiger partial charge in [-0.2, -0.15) is 0 Å². The smallest absolute Gasteiger partial charge is 0.223 e. The van der Waals surface area contributed by atoms with Gasteiger partial charge in [-0.1, -0.05) is 0 Å². The van der Waals surface area contributed by atoms with Crippen molar-refractivity contribution in [1.29, 1.82) is 0 Å². The van der Waals surface area contributed by atoms with Gasteiger partial charge in [0.1, 0.15) is 0 Å². The van der Waals surface area contributed by atoms with E-state index in [0.29, 0.717) is 32.2 Å². The molecule has 0 aliphatic carbocycles. The molecule has 2 N–H and O–H groups in total. The Bertz CT molecular complexity index is 474. The van der Waals surface area contributed by atoms with Crippen molar-refractivity contribution in [3.05, 3.63) is 0 Å². The molecule has 2 aliphatic heterocycles. The summed E-state index contributed by atoms with van der Waals surface area (Å²) >= 11 is 0. The minimum Gasteiger partial charge on any atom is -0.369 e. The quantitative estimate of drug-likeness (QED) is 0.703. The molecule has 2 saturated heterocycles. The van der Waals surface area contributed by atoms with Crippen molar-refractivity contribution in [2.45, 2.75) is 18.9 Å². The van der Waals surface area contributed by atoms with Gasteiger partial charge in [0.25, 0.3) is 0 Å². The predicted octanol–water partition coefficient (Wildman–Crippen LogP) is -1.24. The maximum absolute atomic E-state index is 11.6. The number of rotatable bonds is 3. The number of sulfonamides is 1. The number of nitrogens with zero attached hydrogens (tertiary/aromatic N) is 3. The Balaban J connectivity index is 1.97. The SMILES string of the molecule is CN1CCN(C2CCN(S(C)(=O)=O)CC2)C[C@H](C(N)=O)C1. The Labute approximate surface area is 127 Å². The minimum absolute atomic E-state index is 0.148. The highest BCUT2D eigenvalue weighted by Crippen LogP contribution is 2.21. The second-order valence-corrected chi connectivity index (χ2v) is 8.23. The zero-order chi connectivity index (χ0) is 15.6. The highest BCUT2D eigenvalue weighted by Gasteiger charge is 2.32. The van der Waals surface area contributed by atoms with Gasteiger partial charge in [0.15, 0.2) is 0 Å². The standard InChI is InChI=1S/C13H26N4O3S/c1-15-7-8-16(10-11(9-15)13(14)18)12-3-5-17(6-4-12)21(2,19)20/h11-12H,3-10H2,1-2H3,(H2,14,18)/t11-/m1/s1. The molecule has 2 rings (SSSR count). The van der Waals surface area contributed by atoms with Crippen molar-refractivity contribution >= 4 is 15.9 Å². The molecule has 122 valence electrons. The van der Waals surface area contributed by atoms with Crippen LogP contribution in [0.1, 0.15) is 12.8 Å². The fourth-order valence-corrected chi connectivity index (χ4v) is 4.12. The van der Waals surface area contributed by atoms with Gasteiger partial charge in [-0.15, -0.1) is 0 Å². The number of piperidine rings is 1. The van der Waals surface area contributed by atoms with Gasteiger partial charge in [-0.3, -0.25) is 9.69 Å². The number of nitrogens with two attached hydrogens (primary N) is 1. The van der Waals surface area contributed by atoms with Gasteiger partial charge < -0.3 is 10.6 Å².